The summed E-state index contributed by atoms with van der Waals surface area (Å²) in [5.74, 6) is 1.23. The molecule has 0 aliphatic carbocycles. The van der Waals surface area contributed by atoms with Crippen molar-refractivity contribution in [3.8, 4) is 11.5 Å². The number of amides is 1. The van der Waals surface area contributed by atoms with Gasteiger partial charge in [0, 0.05) is 26.2 Å². The number of carbonyl (C=O) groups excluding carboxylic acids is 1. The number of ether oxygens (including phenoxy) is 2. The Morgan fingerprint density at radius 2 is 1.60 bits per heavy atom. The van der Waals surface area contributed by atoms with Gasteiger partial charge >= 0.3 is 0 Å². The summed E-state index contributed by atoms with van der Waals surface area (Å²) in [6.45, 7) is 1.18. The summed E-state index contributed by atoms with van der Waals surface area (Å²) in [5, 5.41) is 4.06. The van der Waals surface area contributed by atoms with Gasteiger partial charge in [-0.1, -0.05) is 0 Å². The minimum Gasteiger partial charge on any atom is -0.493 e. The average molecular weight is 343 g/mol. The molecule has 0 saturated heterocycles. The lowest BCUT2D eigenvalue weighted by molar-refractivity contribution is 0.0754. The second-order valence-corrected chi connectivity index (χ2v) is 5.95. The maximum atomic E-state index is 12.7. The van der Waals surface area contributed by atoms with E-state index in [0.717, 1.165) is 24.0 Å². The van der Waals surface area contributed by atoms with Crippen LogP contribution < -0.4 is 15.0 Å². The van der Waals surface area contributed by atoms with Crippen molar-refractivity contribution in [2.75, 3.05) is 27.3 Å². The highest BCUT2D eigenvalue weighted by Crippen LogP contribution is 2.32. The van der Waals surface area contributed by atoms with Crippen molar-refractivity contribution < 1.29 is 14.3 Å². The molecule has 7 nitrogen and oxygen atoms in total. The molecule has 2 heterocycles. The minimum atomic E-state index is -0.237. The van der Waals surface area contributed by atoms with Gasteiger partial charge in [-0.15, -0.1) is 0 Å². The van der Waals surface area contributed by atoms with Crippen molar-refractivity contribution in [2.24, 2.45) is 7.05 Å². The lowest BCUT2D eigenvalue weighted by atomic mass is 10.0. The van der Waals surface area contributed by atoms with Crippen molar-refractivity contribution in [3.05, 3.63) is 51.4 Å². The number of carbonyl (C=O) groups is 1. The van der Waals surface area contributed by atoms with Crippen LogP contribution in [-0.2, 0) is 19.9 Å². The number of benzene rings is 1. The van der Waals surface area contributed by atoms with Gasteiger partial charge in [-0.3, -0.25) is 9.59 Å². The van der Waals surface area contributed by atoms with E-state index in [9.17, 15) is 9.59 Å². The Morgan fingerprint density at radius 3 is 2.08 bits per heavy atom. The van der Waals surface area contributed by atoms with Crippen molar-refractivity contribution >= 4 is 5.91 Å². The van der Waals surface area contributed by atoms with Gasteiger partial charge in [0.05, 0.1) is 14.2 Å². The summed E-state index contributed by atoms with van der Waals surface area (Å²) in [5.41, 5.74) is 2.35. The summed E-state index contributed by atoms with van der Waals surface area (Å²) in [6, 6.07) is 6.80. The van der Waals surface area contributed by atoms with E-state index in [4.69, 9.17) is 9.47 Å². The molecule has 1 aliphatic rings. The molecule has 1 aromatic heterocycles. The topological polar surface area (TPSA) is 73.7 Å². The maximum absolute atomic E-state index is 12.7. The molecule has 0 unspecified atom stereocenters. The number of fused-ring (bicyclic) bond motifs is 1. The predicted octanol–water partition coefficient (Wildman–Crippen LogP) is 1.04. The molecule has 1 aromatic carbocycles. The molecule has 0 fully saturated rings. The van der Waals surface area contributed by atoms with Crippen molar-refractivity contribution in [2.45, 2.75) is 12.8 Å². The van der Waals surface area contributed by atoms with Gasteiger partial charge in [0.15, 0.2) is 11.5 Å². The molecule has 0 spiro atoms. The van der Waals surface area contributed by atoms with E-state index in [1.165, 1.54) is 23.9 Å². The molecule has 0 N–H and O–H groups in total. The summed E-state index contributed by atoms with van der Waals surface area (Å²) in [4.78, 5) is 25.9. The number of nitrogens with zero attached hydrogens (tertiary/aromatic N) is 3. The molecule has 3 rings (SSSR count). The van der Waals surface area contributed by atoms with Gasteiger partial charge in [-0.05, 0) is 42.2 Å². The monoisotopic (exact) mass is 343 g/mol. The molecule has 1 amide bonds. The Balaban J connectivity index is 1.82. The highest BCUT2D eigenvalue weighted by Gasteiger charge is 2.22. The van der Waals surface area contributed by atoms with Crippen LogP contribution in [0, 0.1) is 0 Å². The van der Waals surface area contributed by atoms with Gasteiger partial charge in [0.2, 0.25) is 0 Å². The number of hydrogen-bond acceptors (Lipinski definition) is 5. The van der Waals surface area contributed by atoms with Gasteiger partial charge in [-0.25, -0.2) is 4.68 Å². The fraction of sp³-hybridized carbons (Fsp3) is 0.389. The van der Waals surface area contributed by atoms with Crippen LogP contribution in [0.25, 0.3) is 0 Å². The van der Waals surface area contributed by atoms with Crippen LogP contribution in [-0.4, -0.2) is 47.9 Å². The Labute approximate surface area is 145 Å². The summed E-state index contributed by atoms with van der Waals surface area (Å²) in [7, 11) is 4.76. The smallest absolute Gasteiger partial charge is 0.274 e. The minimum absolute atomic E-state index is 0.165. The van der Waals surface area contributed by atoms with Gasteiger partial charge in [0.1, 0.15) is 5.69 Å². The molecule has 0 atom stereocenters. The van der Waals surface area contributed by atoms with Gasteiger partial charge in [0.25, 0.3) is 11.5 Å². The normalized spacial score (nSPS) is 13.8. The molecule has 0 saturated carbocycles. The summed E-state index contributed by atoms with van der Waals surface area (Å²) < 4.78 is 11.9. The van der Waals surface area contributed by atoms with E-state index < -0.39 is 0 Å². The molecule has 1 aliphatic heterocycles. The van der Waals surface area contributed by atoms with Crippen LogP contribution in [0.1, 0.15) is 21.6 Å². The highest BCUT2D eigenvalue weighted by molar-refractivity contribution is 5.92. The zero-order chi connectivity index (χ0) is 18.0. The molecule has 132 valence electrons. The second-order valence-electron chi connectivity index (χ2n) is 5.95. The predicted molar refractivity (Wildman–Crippen MR) is 92.3 cm³/mol. The van der Waals surface area contributed by atoms with Crippen LogP contribution >= 0.6 is 0 Å². The van der Waals surface area contributed by atoms with Crippen molar-refractivity contribution in [1.29, 1.82) is 0 Å². The lowest BCUT2D eigenvalue weighted by Gasteiger charge is -2.19. The summed E-state index contributed by atoms with van der Waals surface area (Å²) in [6.07, 6.45) is 1.46. The van der Waals surface area contributed by atoms with E-state index in [-0.39, 0.29) is 17.2 Å². The molecular weight excluding hydrogens is 322 g/mol. The Hall–Kier alpha value is -2.83. The van der Waals surface area contributed by atoms with E-state index in [0.29, 0.717) is 24.6 Å². The first kappa shape index (κ1) is 17.0. The number of aromatic nitrogens is 2. The van der Waals surface area contributed by atoms with E-state index in [2.05, 4.69) is 5.10 Å². The fourth-order valence-corrected chi connectivity index (χ4v) is 3.03. The maximum Gasteiger partial charge on any atom is 0.274 e. The zero-order valence-electron chi connectivity index (χ0n) is 14.6. The highest BCUT2D eigenvalue weighted by atomic mass is 16.5. The largest absolute Gasteiger partial charge is 0.493 e. The number of methoxy groups -OCH3 is 2. The van der Waals surface area contributed by atoms with Crippen LogP contribution in [0.2, 0.25) is 0 Å². The number of aryl methyl sites for hydroxylation is 1. The first-order valence-electron chi connectivity index (χ1n) is 8.11. The van der Waals surface area contributed by atoms with Crippen LogP contribution in [0.15, 0.2) is 29.1 Å². The number of hydrogen-bond donors (Lipinski definition) is 0. The average Bonchev–Trinajstić information content (AvgIpc) is 2.84. The molecule has 7 heteroatoms. The molecule has 2 aromatic rings. The molecule has 0 radical (unpaired) electrons. The van der Waals surface area contributed by atoms with E-state index in [1.54, 1.807) is 19.1 Å². The number of rotatable bonds is 3. The Kier molecular flexibility index (Phi) is 4.74. The third-order valence-electron chi connectivity index (χ3n) is 4.47. The van der Waals surface area contributed by atoms with Crippen molar-refractivity contribution in [3.63, 3.8) is 0 Å². The third-order valence-corrected chi connectivity index (χ3v) is 4.47. The zero-order valence-corrected chi connectivity index (χ0v) is 14.6. The SMILES string of the molecule is COc1cc2c(cc1OC)CCN(C(=O)c1ccc(=O)n(C)n1)CC2. The lowest BCUT2D eigenvalue weighted by Crippen LogP contribution is -2.35. The Morgan fingerprint density at radius 1 is 1.04 bits per heavy atom. The quantitative estimate of drug-likeness (QED) is 0.832. The van der Waals surface area contributed by atoms with Crippen LogP contribution in [0.5, 0.6) is 11.5 Å². The third kappa shape index (κ3) is 3.35. The van der Waals surface area contributed by atoms with Gasteiger partial charge in [-0.2, -0.15) is 5.10 Å². The molecular formula is C18H21N3O4. The van der Waals surface area contributed by atoms with Gasteiger partial charge < -0.3 is 14.4 Å². The standard InChI is InChI=1S/C18H21N3O4/c1-20-17(22)5-4-14(19-20)18(23)21-8-6-12-10-15(24-2)16(25-3)11-13(12)7-9-21/h4-5,10-11H,6-9H2,1-3H3. The molecule has 0 bridgehead atoms. The van der Waals surface area contributed by atoms with Crippen LogP contribution in [0.3, 0.4) is 0 Å². The van der Waals surface area contributed by atoms with E-state index >= 15 is 0 Å². The van der Waals surface area contributed by atoms with Crippen molar-refractivity contribution in [1.82, 2.24) is 14.7 Å². The summed E-state index contributed by atoms with van der Waals surface area (Å²) >= 11 is 0. The van der Waals surface area contributed by atoms with E-state index in [1.807, 2.05) is 12.1 Å². The second kappa shape index (κ2) is 6.96. The van der Waals surface area contributed by atoms with Crippen LogP contribution in [0.4, 0.5) is 0 Å². The Bertz CT molecular complexity index is 825. The molecule has 25 heavy (non-hydrogen) atoms. The first-order chi connectivity index (χ1) is 12.0. The first-order valence-corrected chi connectivity index (χ1v) is 8.11. The fourth-order valence-electron chi connectivity index (χ4n) is 3.03.